The van der Waals surface area contributed by atoms with E-state index in [0.29, 0.717) is 5.69 Å². The van der Waals surface area contributed by atoms with E-state index >= 15 is 0 Å². The minimum atomic E-state index is -1.50. The quantitative estimate of drug-likeness (QED) is 0.142. The summed E-state index contributed by atoms with van der Waals surface area (Å²) < 4.78 is 0. The van der Waals surface area contributed by atoms with Crippen molar-refractivity contribution in [3.8, 4) is 5.75 Å². The van der Waals surface area contributed by atoms with Crippen molar-refractivity contribution in [2.45, 2.75) is 0 Å². The lowest BCUT2D eigenvalue weighted by Gasteiger charge is -1.97. The fraction of sp³-hybridized carbons (Fsp3) is 0. The van der Waals surface area contributed by atoms with Crippen LogP contribution in [-0.4, -0.2) is 21.4 Å². The van der Waals surface area contributed by atoms with E-state index in [-0.39, 0.29) is 11.7 Å². The molecule has 0 bridgehead atoms. The standard InChI is InChI=1S/C7H10N4O.HNO3/c8-7(11-9)10-5-1-3-6(12)4-2-5;2-1(3)4/h1-4,12H,9H2,(H3,8,10,11);(H,2,3,4). The lowest BCUT2D eigenvalue weighted by Crippen LogP contribution is -2.36. The first kappa shape index (κ1) is 13.4. The van der Waals surface area contributed by atoms with Gasteiger partial charge in [-0.1, -0.05) is 0 Å². The number of phenols is 1. The number of benzene rings is 1. The van der Waals surface area contributed by atoms with E-state index < -0.39 is 5.09 Å². The average molecular weight is 229 g/mol. The van der Waals surface area contributed by atoms with Crippen LogP contribution in [0, 0.1) is 10.1 Å². The fourth-order valence-electron chi connectivity index (χ4n) is 0.699. The van der Waals surface area contributed by atoms with Gasteiger partial charge in [0.15, 0.2) is 0 Å². The van der Waals surface area contributed by atoms with Crippen LogP contribution in [-0.2, 0) is 0 Å². The van der Waals surface area contributed by atoms with Crippen LogP contribution in [0.25, 0.3) is 0 Å². The summed E-state index contributed by atoms with van der Waals surface area (Å²) in [5.41, 5.74) is 8.12. The van der Waals surface area contributed by atoms with Gasteiger partial charge in [0.1, 0.15) is 5.75 Å². The zero-order valence-electron chi connectivity index (χ0n) is 8.07. The molecule has 9 nitrogen and oxygen atoms in total. The molecule has 0 saturated heterocycles. The van der Waals surface area contributed by atoms with Crippen molar-refractivity contribution >= 4 is 11.6 Å². The number of rotatable bonds is 1. The number of aliphatic imine (C=N–C) groups is 1. The summed E-state index contributed by atoms with van der Waals surface area (Å²) in [6, 6.07) is 6.28. The van der Waals surface area contributed by atoms with Gasteiger partial charge < -0.3 is 16.0 Å². The molecule has 0 heterocycles. The summed E-state index contributed by atoms with van der Waals surface area (Å²) in [6.07, 6.45) is 0. The molecule has 0 saturated carbocycles. The Balaban J connectivity index is 0.000000487. The van der Waals surface area contributed by atoms with Crippen molar-refractivity contribution in [1.29, 1.82) is 0 Å². The zero-order chi connectivity index (χ0) is 12.6. The van der Waals surface area contributed by atoms with Crippen LogP contribution in [0.2, 0.25) is 0 Å². The van der Waals surface area contributed by atoms with Crippen LogP contribution in [0.4, 0.5) is 5.69 Å². The lowest BCUT2D eigenvalue weighted by molar-refractivity contribution is -0.742. The smallest absolute Gasteiger partial charge is 0.291 e. The van der Waals surface area contributed by atoms with Gasteiger partial charge in [-0.15, -0.1) is 10.1 Å². The first-order valence-corrected chi connectivity index (χ1v) is 3.88. The van der Waals surface area contributed by atoms with Gasteiger partial charge in [-0.25, -0.2) is 10.8 Å². The van der Waals surface area contributed by atoms with Gasteiger partial charge in [-0.05, 0) is 24.3 Å². The molecule has 0 radical (unpaired) electrons. The summed E-state index contributed by atoms with van der Waals surface area (Å²) in [6.45, 7) is 0. The predicted molar refractivity (Wildman–Crippen MR) is 55.5 cm³/mol. The van der Waals surface area contributed by atoms with Gasteiger partial charge in [0.2, 0.25) is 5.96 Å². The van der Waals surface area contributed by atoms with Gasteiger partial charge in [0.25, 0.3) is 5.09 Å². The first-order chi connectivity index (χ1) is 7.45. The van der Waals surface area contributed by atoms with Crippen molar-refractivity contribution < 1.29 is 15.4 Å². The molecule has 0 amide bonds. The van der Waals surface area contributed by atoms with Gasteiger partial charge in [0, 0.05) is 0 Å². The number of hydrazine groups is 1. The predicted octanol–water partition coefficient (Wildman–Crippen LogP) is -0.546. The molecule has 0 aliphatic rings. The second-order valence-electron chi connectivity index (χ2n) is 2.40. The molecule has 9 heteroatoms. The summed E-state index contributed by atoms with van der Waals surface area (Å²) in [5, 5.41) is 22.6. The Hall–Kier alpha value is -2.55. The largest absolute Gasteiger partial charge is 0.508 e. The van der Waals surface area contributed by atoms with E-state index in [0.717, 1.165) is 0 Å². The highest BCUT2D eigenvalue weighted by Gasteiger charge is 1.90. The molecule has 1 rings (SSSR count). The van der Waals surface area contributed by atoms with Crippen LogP contribution < -0.4 is 17.0 Å². The minimum absolute atomic E-state index is 0.126. The third kappa shape index (κ3) is 6.91. The molecule has 7 N–H and O–H groups in total. The molecular weight excluding hydrogens is 218 g/mol. The molecule has 1 aromatic rings. The lowest BCUT2D eigenvalue weighted by atomic mass is 10.3. The van der Waals surface area contributed by atoms with Crippen LogP contribution in [0.5, 0.6) is 5.75 Å². The van der Waals surface area contributed by atoms with E-state index in [4.69, 9.17) is 32.0 Å². The maximum absolute atomic E-state index is 8.93. The van der Waals surface area contributed by atoms with Crippen molar-refractivity contribution in [3.63, 3.8) is 0 Å². The van der Waals surface area contributed by atoms with Crippen molar-refractivity contribution in [2.24, 2.45) is 16.6 Å². The number of nitrogens with zero attached hydrogens (tertiary/aromatic N) is 2. The Kier molecular flexibility index (Phi) is 5.75. The molecule has 0 unspecified atom stereocenters. The third-order valence-electron chi connectivity index (χ3n) is 1.25. The molecule has 0 aliphatic heterocycles. The Morgan fingerprint density at radius 1 is 1.44 bits per heavy atom. The number of aromatic hydroxyl groups is 1. The number of nitrogens with two attached hydrogens (primary N) is 2. The van der Waals surface area contributed by atoms with E-state index in [9.17, 15) is 0 Å². The highest BCUT2D eigenvalue weighted by atomic mass is 16.9. The second-order valence-corrected chi connectivity index (χ2v) is 2.40. The Morgan fingerprint density at radius 3 is 2.25 bits per heavy atom. The second kappa shape index (κ2) is 6.84. The summed E-state index contributed by atoms with van der Waals surface area (Å²) in [4.78, 5) is 12.2. The van der Waals surface area contributed by atoms with Gasteiger partial charge in [0.05, 0.1) is 5.69 Å². The van der Waals surface area contributed by atoms with E-state index in [1.807, 2.05) is 0 Å². The fourth-order valence-corrected chi connectivity index (χ4v) is 0.699. The zero-order valence-corrected chi connectivity index (χ0v) is 8.07. The highest BCUT2D eigenvalue weighted by Crippen LogP contribution is 2.15. The van der Waals surface area contributed by atoms with Crippen LogP contribution >= 0.6 is 0 Å². The normalized spacial score (nSPS) is 9.94. The Labute approximate surface area is 90.1 Å². The molecule has 0 aliphatic carbocycles. The van der Waals surface area contributed by atoms with Gasteiger partial charge in [-0.2, -0.15) is 0 Å². The number of hydrogen-bond acceptors (Lipinski definition) is 5. The minimum Gasteiger partial charge on any atom is -0.508 e. The maximum atomic E-state index is 8.93. The van der Waals surface area contributed by atoms with Gasteiger partial charge >= 0.3 is 0 Å². The van der Waals surface area contributed by atoms with Crippen molar-refractivity contribution in [2.75, 3.05) is 0 Å². The van der Waals surface area contributed by atoms with Crippen LogP contribution in [0.15, 0.2) is 29.3 Å². The van der Waals surface area contributed by atoms with E-state index in [2.05, 4.69) is 10.4 Å². The molecule has 1 aromatic carbocycles. The first-order valence-electron chi connectivity index (χ1n) is 3.88. The van der Waals surface area contributed by atoms with Gasteiger partial charge in [-0.3, -0.25) is 5.43 Å². The van der Waals surface area contributed by atoms with E-state index in [1.165, 1.54) is 12.1 Å². The summed E-state index contributed by atoms with van der Waals surface area (Å²) in [7, 11) is 0. The van der Waals surface area contributed by atoms with Crippen LogP contribution in [0.3, 0.4) is 0 Å². The average Bonchev–Trinajstić information content (AvgIpc) is 2.20. The number of hydrogen-bond donors (Lipinski definition) is 5. The summed E-state index contributed by atoms with van der Waals surface area (Å²) >= 11 is 0. The Morgan fingerprint density at radius 2 is 1.88 bits per heavy atom. The highest BCUT2D eigenvalue weighted by molar-refractivity contribution is 5.80. The Bertz CT molecular complexity index is 360. The topological polar surface area (TPSA) is 160 Å². The van der Waals surface area contributed by atoms with E-state index in [1.54, 1.807) is 12.1 Å². The number of nitrogens with one attached hydrogen (secondary N) is 1. The van der Waals surface area contributed by atoms with Crippen LogP contribution in [0.1, 0.15) is 0 Å². The molecule has 0 fully saturated rings. The molecule has 16 heavy (non-hydrogen) atoms. The molecular formula is C7H11N5O4. The third-order valence-corrected chi connectivity index (χ3v) is 1.25. The SMILES string of the molecule is NNC(N)=Nc1ccc(O)cc1.O=[N+]([O-])O. The molecule has 0 atom stereocenters. The molecule has 88 valence electrons. The molecule has 0 spiro atoms. The monoisotopic (exact) mass is 229 g/mol. The molecule has 0 aromatic heterocycles. The maximum Gasteiger partial charge on any atom is 0.291 e. The summed E-state index contributed by atoms with van der Waals surface area (Å²) in [5.74, 6) is 5.31. The number of guanidine groups is 1. The number of phenolic OH excluding ortho intramolecular Hbond substituents is 1. The van der Waals surface area contributed by atoms with Crippen molar-refractivity contribution in [1.82, 2.24) is 5.43 Å². The van der Waals surface area contributed by atoms with Crippen molar-refractivity contribution in [3.05, 3.63) is 34.4 Å².